The van der Waals surface area contributed by atoms with Gasteiger partial charge in [-0.1, -0.05) is 66.9 Å². The van der Waals surface area contributed by atoms with Gasteiger partial charge in [-0.2, -0.15) is 0 Å². The van der Waals surface area contributed by atoms with Crippen LogP contribution in [-0.2, 0) is 9.59 Å². The molecule has 2 amide bonds. The van der Waals surface area contributed by atoms with Crippen molar-refractivity contribution < 1.29 is 29.8 Å². The van der Waals surface area contributed by atoms with E-state index in [0.29, 0.717) is 29.0 Å². The maximum absolute atomic E-state index is 13.8. The van der Waals surface area contributed by atoms with Gasteiger partial charge in [-0.3, -0.25) is 19.7 Å². The summed E-state index contributed by atoms with van der Waals surface area (Å²) < 4.78 is 0. The van der Waals surface area contributed by atoms with Crippen LogP contribution in [0.15, 0.2) is 83.9 Å². The van der Waals surface area contributed by atoms with Gasteiger partial charge in [0.1, 0.15) is 5.75 Å². The van der Waals surface area contributed by atoms with Crippen molar-refractivity contribution in [3.63, 3.8) is 0 Å². The third-order valence-electron chi connectivity index (χ3n) is 8.74. The van der Waals surface area contributed by atoms with Crippen molar-refractivity contribution in [3.8, 4) is 5.75 Å². The smallest absolute Gasteiger partial charge is 0.271 e. The van der Waals surface area contributed by atoms with Crippen LogP contribution in [0.4, 0.5) is 11.4 Å². The summed E-state index contributed by atoms with van der Waals surface area (Å²) in [5, 5.41) is 44.0. The van der Waals surface area contributed by atoms with Crippen LogP contribution < -0.4 is 4.90 Å². The van der Waals surface area contributed by atoms with Gasteiger partial charge >= 0.3 is 0 Å². The average molecular weight is 631 g/mol. The molecule has 0 spiro atoms. The number of allylic oxidation sites excluding steroid dienone is 2. The first-order valence-electron chi connectivity index (χ1n) is 15.0. The third-order valence-corrected chi connectivity index (χ3v) is 9.06. The first-order chi connectivity index (χ1) is 21.6. The van der Waals surface area contributed by atoms with Gasteiger partial charge in [0.2, 0.25) is 11.8 Å². The van der Waals surface area contributed by atoms with Crippen LogP contribution in [0.3, 0.4) is 0 Å². The zero-order chi connectivity index (χ0) is 32.2. The Morgan fingerprint density at radius 3 is 2.51 bits per heavy atom. The van der Waals surface area contributed by atoms with E-state index in [9.17, 15) is 35.0 Å². The molecule has 45 heavy (non-hydrogen) atoms. The summed E-state index contributed by atoms with van der Waals surface area (Å²) in [5.74, 6) is -3.34. The molecule has 1 heterocycles. The normalized spacial score (nSPS) is 20.8. The van der Waals surface area contributed by atoms with Crippen molar-refractivity contribution >= 4 is 46.4 Å². The van der Waals surface area contributed by atoms with Crippen molar-refractivity contribution in [3.05, 3.63) is 110 Å². The zero-order valence-corrected chi connectivity index (χ0v) is 25.6. The summed E-state index contributed by atoms with van der Waals surface area (Å²) in [6, 6.07) is 19.8. The van der Waals surface area contributed by atoms with Crippen molar-refractivity contribution in [1.29, 1.82) is 0 Å². The van der Waals surface area contributed by atoms with E-state index in [0.717, 1.165) is 28.0 Å². The molecule has 0 unspecified atom stereocenters. The van der Waals surface area contributed by atoms with Crippen molar-refractivity contribution in [2.75, 3.05) is 11.5 Å². The number of fused-ring (bicyclic) bond motifs is 1. The summed E-state index contributed by atoms with van der Waals surface area (Å²) in [6.07, 6.45) is 3.24. The number of hydrogen-bond acceptors (Lipinski definition) is 7. The summed E-state index contributed by atoms with van der Waals surface area (Å²) in [7, 11) is 0. The van der Waals surface area contributed by atoms with Gasteiger partial charge in [0.25, 0.3) is 5.69 Å². The van der Waals surface area contributed by atoms with Crippen LogP contribution in [0.5, 0.6) is 5.75 Å². The van der Waals surface area contributed by atoms with E-state index in [-0.39, 0.29) is 30.0 Å². The van der Waals surface area contributed by atoms with Crippen LogP contribution in [0.2, 0.25) is 5.02 Å². The fraction of sp³-hybridized carbons (Fsp3) is 0.314. The minimum absolute atomic E-state index is 0.0545. The molecule has 0 saturated carbocycles. The number of phenols is 1. The standard InChI is InChI=1S/C35H35ClN2O7/c1-2-7-24-17-28-33(35(43)37(34(28)42)25-10-6-11-26(18-25)38(44)45)29(20-39)32(24)31(41)15-13-22(21-8-4-3-5-9-21)16-23-12-14-27(40)19-30(23)36/h3-6,8-12,14,16,18-19,28-29,31,33,39-41H,2,7,13,15,17,20H2,1H3/b22-16-/t28-,29+,31-,33-/m1/s1. The number of carbonyl (C=O) groups is 2. The minimum atomic E-state index is -0.998. The van der Waals surface area contributed by atoms with Crippen LogP contribution in [0.25, 0.3) is 11.6 Å². The van der Waals surface area contributed by atoms with Crippen LogP contribution in [0.1, 0.15) is 50.2 Å². The molecule has 3 N–H and O–H groups in total. The van der Waals surface area contributed by atoms with Gasteiger partial charge in [0, 0.05) is 18.1 Å². The van der Waals surface area contributed by atoms with E-state index in [1.807, 2.05) is 43.3 Å². The first-order valence-corrected chi connectivity index (χ1v) is 15.4. The molecule has 234 valence electrons. The van der Waals surface area contributed by atoms with Gasteiger partial charge < -0.3 is 15.3 Å². The second-order valence-electron chi connectivity index (χ2n) is 11.5. The SMILES string of the molecule is CCCC1=C([C@H](O)CC/C(=C/c2ccc(O)cc2Cl)c2ccccc2)[C@H](CO)[C@@H]2C(=O)N(c3cccc([N+](=O)[O-])c3)C(=O)[C@@H]2C1. The number of anilines is 1. The summed E-state index contributed by atoms with van der Waals surface area (Å²) >= 11 is 6.41. The number of imide groups is 1. The molecule has 2 aliphatic rings. The number of nitrogens with zero attached hydrogens (tertiary/aromatic N) is 2. The lowest BCUT2D eigenvalue weighted by Crippen LogP contribution is -2.39. The van der Waals surface area contributed by atoms with Crippen LogP contribution in [-0.4, -0.2) is 44.8 Å². The number of carbonyl (C=O) groups excluding carboxylic acids is 2. The van der Waals surface area contributed by atoms with Crippen LogP contribution >= 0.6 is 11.6 Å². The highest BCUT2D eigenvalue weighted by atomic mass is 35.5. The molecular formula is C35H35ClN2O7. The highest BCUT2D eigenvalue weighted by Crippen LogP contribution is 2.48. The van der Waals surface area contributed by atoms with E-state index in [4.69, 9.17) is 11.6 Å². The second kappa shape index (κ2) is 13.8. The Morgan fingerprint density at radius 1 is 1.09 bits per heavy atom. The molecule has 3 aromatic carbocycles. The van der Waals surface area contributed by atoms with Gasteiger partial charge in [-0.15, -0.1) is 0 Å². The number of aliphatic hydroxyl groups excluding tert-OH is 2. The highest BCUT2D eigenvalue weighted by Gasteiger charge is 2.55. The maximum atomic E-state index is 13.8. The van der Waals surface area contributed by atoms with Crippen molar-refractivity contribution in [2.24, 2.45) is 17.8 Å². The van der Waals surface area contributed by atoms with E-state index in [2.05, 4.69) is 0 Å². The number of phenolic OH excluding ortho intramolecular Hbond substituents is 1. The van der Waals surface area contributed by atoms with Gasteiger partial charge in [0.15, 0.2) is 0 Å². The molecule has 5 rings (SSSR count). The Labute approximate surface area is 266 Å². The number of amides is 2. The number of aliphatic hydroxyl groups is 2. The number of rotatable bonds is 11. The molecule has 1 fully saturated rings. The van der Waals surface area contributed by atoms with Crippen molar-refractivity contribution in [2.45, 2.75) is 45.1 Å². The highest BCUT2D eigenvalue weighted by molar-refractivity contribution is 6.32. The molecule has 4 atom stereocenters. The fourth-order valence-electron chi connectivity index (χ4n) is 6.72. The molecule has 1 saturated heterocycles. The summed E-state index contributed by atoms with van der Waals surface area (Å²) in [6.45, 7) is 1.55. The molecule has 1 aliphatic heterocycles. The third kappa shape index (κ3) is 6.56. The first kappa shape index (κ1) is 32.1. The van der Waals surface area contributed by atoms with E-state index < -0.39 is 47.2 Å². The molecule has 10 heteroatoms. The predicted octanol–water partition coefficient (Wildman–Crippen LogP) is 6.55. The van der Waals surface area contributed by atoms with Gasteiger partial charge in [-0.25, -0.2) is 4.90 Å². The number of non-ortho nitro benzene ring substituents is 1. The van der Waals surface area contributed by atoms with Crippen LogP contribution in [0, 0.1) is 27.9 Å². The molecular weight excluding hydrogens is 596 g/mol. The Kier molecular flexibility index (Phi) is 9.82. The minimum Gasteiger partial charge on any atom is -0.508 e. The lowest BCUT2D eigenvalue weighted by atomic mass is 9.67. The van der Waals surface area contributed by atoms with E-state index in [1.165, 1.54) is 30.3 Å². The number of benzene rings is 3. The number of aromatic hydroxyl groups is 1. The van der Waals surface area contributed by atoms with Crippen molar-refractivity contribution in [1.82, 2.24) is 0 Å². The van der Waals surface area contributed by atoms with Gasteiger partial charge in [-0.05, 0) is 78.3 Å². The molecule has 0 radical (unpaired) electrons. The largest absolute Gasteiger partial charge is 0.508 e. The Bertz CT molecular complexity index is 1670. The predicted molar refractivity (Wildman–Crippen MR) is 172 cm³/mol. The molecule has 9 nitrogen and oxygen atoms in total. The van der Waals surface area contributed by atoms with E-state index >= 15 is 0 Å². The molecule has 3 aromatic rings. The number of halogens is 1. The maximum Gasteiger partial charge on any atom is 0.271 e. The molecule has 0 bridgehead atoms. The molecule has 1 aliphatic carbocycles. The van der Waals surface area contributed by atoms with Gasteiger partial charge in [0.05, 0.1) is 40.2 Å². The topological polar surface area (TPSA) is 141 Å². The van der Waals surface area contributed by atoms with E-state index in [1.54, 1.807) is 12.1 Å². The zero-order valence-electron chi connectivity index (χ0n) is 24.8. The number of nitro benzene ring substituents is 1. The summed E-state index contributed by atoms with van der Waals surface area (Å²) in [5.41, 5.74) is 3.88. The fourth-order valence-corrected chi connectivity index (χ4v) is 6.95. The lowest BCUT2D eigenvalue weighted by Gasteiger charge is -2.36. The Morgan fingerprint density at radius 2 is 1.84 bits per heavy atom. The quantitative estimate of drug-likeness (QED) is 0.0717. The average Bonchev–Trinajstić information content (AvgIpc) is 3.28. The summed E-state index contributed by atoms with van der Waals surface area (Å²) in [4.78, 5) is 39.3. The Hall–Kier alpha value is -4.31. The monoisotopic (exact) mass is 630 g/mol. The lowest BCUT2D eigenvalue weighted by molar-refractivity contribution is -0.384. The Balaban J connectivity index is 1.46. The number of hydrogen-bond donors (Lipinski definition) is 3. The second-order valence-corrected chi connectivity index (χ2v) is 11.9. The number of nitro groups is 1. The molecule has 0 aromatic heterocycles.